The van der Waals surface area contributed by atoms with Gasteiger partial charge in [-0.1, -0.05) is 36.6 Å². The first-order valence-corrected chi connectivity index (χ1v) is 11.9. The second-order valence-electron chi connectivity index (χ2n) is 9.68. The van der Waals surface area contributed by atoms with Gasteiger partial charge in [-0.25, -0.2) is 0 Å². The van der Waals surface area contributed by atoms with Crippen molar-refractivity contribution in [2.24, 2.45) is 0 Å². The summed E-state index contributed by atoms with van der Waals surface area (Å²) in [6.07, 6.45) is 13.6. The Morgan fingerprint density at radius 2 is 1.77 bits per heavy atom. The number of allylic oxidation sites excluding steroid dienone is 4. The summed E-state index contributed by atoms with van der Waals surface area (Å²) in [4.78, 5) is 0. The molecule has 0 bridgehead atoms. The third-order valence-corrected chi connectivity index (χ3v) is 6.56. The van der Waals surface area contributed by atoms with Crippen molar-refractivity contribution in [1.29, 1.82) is 0 Å². The largest absolute Gasteiger partial charge is 0.493 e. The molecular formula is C28H44O2. The summed E-state index contributed by atoms with van der Waals surface area (Å²) in [7, 11) is 0. The van der Waals surface area contributed by atoms with Crippen molar-refractivity contribution in [2.75, 3.05) is 6.61 Å². The van der Waals surface area contributed by atoms with Crippen LogP contribution in [0, 0.1) is 20.8 Å². The molecule has 0 fully saturated rings. The molecule has 0 amide bonds. The van der Waals surface area contributed by atoms with Gasteiger partial charge in [-0.15, -0.1) is 0 Å². The molecule has 30 heavy (non-hydrogen) atoms. The minimum absolute atomic E-state index is 0.0854. The minimum atomic E-state index is -0.0854. The zero-order valence-electron chi connectivity index (χ0n) is 20.8. The number of fused-ring (bicyclic) bond motifs is 1. The number of unbranched alkanes of at least 4 members (excludes halogenated alkanes) is 1. The van der Waals surface area contributed by atoms with Crippen molar-refractivity contribution in [3.8, 4) is 11.5 Å². The van der Waals surface area contributed by atoms with Crippen LogP contribution in [0.3, 0.4) is 0 Å². The van der Waals surface area contributed by atoms with E-state index in [1.807, 2.05) is 0 Å². The standard InChI is InChI=1S/C28H44O2/c1-9-10-19-29-26-22(5)23(6)27-25(24(26)7)16-18-28(8,30-27)17-12-15-21(4)14-11-13-20(2)3/h13,15H,9-12,14,16-19H2,1-8H3/b21-15+/t28-/m0/s1. The average molecular weight is 413 g/mol. The smallest absolute Gasteiger partial charge is 0.127 e. The molecule has 1 aromatic carbocycles. The fourth-order valence-corrected chi connectivity index (χ4v) is 4.31. The van der Waals surface area contributed by atoms with E-state index >= 15 is 0 Å². The predicted molar refractivity (Wildman–Crippen MR) is 130 cm³/mol. The SMILES string of the molecule is CCCCOc1c(C)c(C)c2c(c1C)CC[C@](C)(CC/C=C(\C)CCC=C(C)C)O2. The maximum absolute atomic E-state index is 6.69. The lowest BCUT2D eigenvalue weighted by atomic mass is 9.85. The molecule has 1 aromatic rings. The molecular weight excluding hydrogens is 368 g/mol. The second-order valence-corrected chi connectivity index (χ2v) is 9.68. The molecule has 0 spiro atoms. The molecule has 0 radical (unpaired) electrons. The highest BCUT2D eigenvalue weighted by Crippen LogP contribution is 2.44. The lowest BCUT2D eigenvalue weighted by molar-refractivity contribution is 0.0558. The highest BCUT2D eigenvalue weighted by Gasteiger charge is 2.34. The second kappa shape index (κ2) is 11.1. The van der Waals surface area contributed by atoms with E-state index in [1.54, 1.807) is 0 Å². The summed E-state index contributed by atoms with van der Waals surface area (Å²) in [5, 5.41) is 0. The normalized spacial score (nSPS) is 18.6. The third kappa shape index (κ3) is 6.40. The van der Waals surface area contributed by atoms with Gasteiger partial charge in [-0.3, -0.25) is 0 Å². The maximum Gasteiger partial charge on any atom is 0.127 e. The molecule has 0 aromatic heterocycles. The van der Waals surface area contributed by atoms with E-state index in [1.165, 1.54) is 33.4 Å². The van der Waals surface area contributed by atoms with Crippen LogP contribution in [0.25, 0.3) is 0 Å². The zero-order valence-corrected chi connectivity index (χ0v) is 20.8. The van der Waals surface area contributed by atoms with Gasteiger partial charge >= 0.3 is 0 Å². The van der Waals surface area contributed by atoms with Crippen molar-refractivity contribution >= 4 is 0 Å². The Morgan fingerprint density at radius 1 is 1.03 bits per heavy atom. The van der Waals surface area contributed by atoms with E-state index < -0.39 is 0 Å². The Bertz CT molecular complexity index is 781. The Kier molecular flexibility index (Phi) is 9.07. The predicted octanol–water partition coefficient (Wildman–Crippen LogP) is 8.35. The first-order valence-electron chi connectivity index (χ1n) is 11.9. The van der Waals surface area contributed by atoms with E-state index in [0.717, 1.165) is 69.5 Å². The van der Waals surface area contributed by atoms with E-state index in [4.69, 9.17) is 9.47 Å². The average Bonchev–Trinajstić information content (AvgIpc) is 2.68. The summed E-state index contributed by atoms with van der Waals surface area (Å²) in [6.45, 7) is 18.5. The lowest BCUT2D eigenvalue weighted by Crippen LogP contribution is -2.37. The van der Waals surface area contributed by atoms with Crippen molar-refractivity contribution in [2.45, 2.75) is 112 Å². The molecule has 2 nitrogen and oxygen atoms in total. The first kappa shape index (κ1) is 24.6. The van der Waals surface area contributed by atoms with Crippen LogP contribution >= 0.6 is 0 Å². The Hall–Kier alpha value is -1.70. The van der Waals surface area contributed by atoms with Gasteiger partial charge in [0, 0.05) is 5.56 Å². The molecule has 2 heteroatoms. The van der Waals surface area contributed by atoms with Gasteiger partial charge in [0.05, 0.1) is 6.61 Å². The van der Waals surface area contributed by atoms with Crippen LogP contribution in [0.1, 0.15) is 102 Å². The van der Waals surface area contributed by atoms with Crippen molar-refractivity contribution < 1.29 is 9.47 Å². The lowest BCUT2D eigenvalue weighted by Gasteiger charge is -2.38. The molecule has 0 aliphatic carbocycles. The van der Waals surface area contributed by atoms with Crippen molar-refractivity contribution in [1.82, 2.24) is 0 Å². The fraction of sp³-hybridized carbons (Fsp3) is 0.643. The van der Waals surface area contributed by atoms with Gasteiger partial charge in [-0.2, -0.15) is 0 Å². The van der Waals surface area contributed by atoms with Gasteiger partial charge in [0.1, 0.15) is 17.1 Å². The number of rotatable bonds is 10. The van der Waals surface area contributed by atoms with E-state index in [9.17, 15) is 0 Å². The Morgan fingerprint density at radius 3 is 2.43 bits per heavy atom. The van der Waals surface area contributed by atoms with Crippen LogP contribution in [0.15, 0.2) is 23.3 Å². The van der Waals surface area contributed by atoms with Crippen LogP contribution < -0.4 is 9.47 Å². The van der Waals surface area contributed by atoms with Gasteiger partial charge < -0.3 is 9.47 Å². The molecule has 168 valence electrons. The van der Waals surface area contributed by atoms with E-state index in [2.05, 4.69) is 67.5 Å². The van der Waals surface area contributed by atoms with Gasteiger partial charge in [-0.05, 0) is 110 Å². The number of hydrogen-bond donors (Lipinski definition) is 0. The molecule has 0 unspecified atom stereocenters. The Labute approximate surface area is 185 Å². The van der Waals surface area contributed by atoms with Gasteiger partial charge in [0.2, 0.25) is 0 Å². The van der Waals surface area contributed by atoms with Crippen LogP contribution in [0.2, 0.25) is 0 Å². The molecule has 0 N–H and O–H groups in total. The van der Waals surface area contributed by atoms with Crippen molar-refractivity contribution in [3.05, 3.63) is 45.6 Å². The highest BCUT2D eigenvalue weighted by atomic mass is 16.5. The van der Waals surface area contributed by atoms with E-state index in [-0.39, 0.29) is 5.60 Å². The summed E-state index contributed by atoms with van der Waals surface area (Å²) in [5.41, 5.74) is 7.94. The monoisotopic (exact) mass is 412 g/mol. The van der Waals surface area contributed by atoms with Gasteiger partial charge in [0.15, 0.2) is 0 Å². The molecule has 1 aliphatic heterocycles. The van der Waals surface area contributed by atoms with Crippen LogP contribution in [0.4, 0.5) is 0 Å². The third-order valence-electron chi connectivity index (χ3n) is 6.56. The summed E-state index contributed by atoms with van der Waals surface area (Å²) in [5.74, 6) is 2.20. The minimum Gasteiger partial charge on any atom is -0.493 e. The maximum atomic E-state index is 6.69. The molecule has 1 heterocycles. The summed E-state index contributed by atoms with van der Waals surface area (Å²) < 4.78 is 12.9. The van der Waals surface area contributed by atoms with Crippen LogP contribution in [-0.4, -0.2) is 12.2 Å². The summed E-state index contributed by atoms with van der Waals surface area (Å²) >= 11 is 0. The van der Waals surface area contributed by atoms with Crippen LogP contribution in [0.5, 0.6) is 11.5 Å². The Balaban J connectivity index is 2.07. The van der Waals surface area contributed by atoms with Gasteiger partial charge in [0.25, 0.3) is 0 Å². The first-order chi connectivity index (χ1) is 14.2. The number of hydrogen-bond acceptors (Lipinski definition) is 2. The fourth-order valence-electron chi connectivity index (χ4n) is 4.31. The quantitative estimate of drug-likeness (QED) is 0.284. The molecule has 2 rings (SSSR count). The molecule has 0 saturated carbocycles. The zero-order chi connectivity index (χ0) is 22.3. The summed E-state index contributed by atoms with van der Waals surface area (Å²) in [6, 6.07) is 0. The number of benzene rings is 1. The van der Waals surface area contributed by atoms with Crippen LogP contribution in [-0.2, 0) is 6.42 Å². The molecule has 1 aliphatic rings. The molecule has 1 atom stereocenters. The molecule has 0 saturated heterocycles. The topological polar surface area (TPSA) is 18.5 Å². The number of ether oxygens (including phenoxy) is 2. The van der Waals surface area contributed by atoms with Crippen molar-refractivity contribution in [3.63, 3.8) is 0 Å². The van der Waals surface area contributed by atoms with E-state index in [0.29, 0.717) is 0 Å². The highest BCUT2D eigenvalue weighted by molar-refractivity contribution is 5.59.